The lowest BCUT2D eigenvalue weighted by Crippen LogP contribution is -2.24. The van der Waals surface area contributed by atoms with Gasteiger partial charge in [-0.1, -0.05) is 6.92 Å². The Morgan fingerprint density at radius 3 is 1.50 bits per heavy atom. The van der Waals surface area contributed by atoms with Crippen LogP contribution in [0, 0.1) is 5.92 Å². The molecule has 0 rings (SSSR count). The molecule has 0 fully saturated rings. The molecular formula is C4H12N2O6S2. The first kappa shape index (κ1) is 13.7. The highest BCUT2D eigenvalue weighted by Crippen LogP contribution is 1.99. The Morgan fingerprint density at radius 2 is 1.29 bits per heavy atom. The molecule has 0 saturated carbocycles. The number of rotatable bonds is 6. The van der Waals surface area contributed by atoms with Crippen LogP contribution in [-0.4, -0.2) is 30.0 Å². The zero-order valence-electron chi connectivity index (χ0n) is 7.41. The molecule has 4 N–H and O–H groups in total. The van der Waals surface area contributed by atoms with E-state index in [1.54, 1.807) is 0 Å². The first-order valence-electron chi connectivity index (χ1n) is 3.44. The van der Waals surface area contributed by atoms with E-state index in [0.717, 1.165) is 0 Å². The molecule has 14 heavy (non-hydrogen) atoms. The second-order valence-electron chi connectivity index (χ2n) is 2.66. The molecule has 0 radical (unpaired) electrons. The highest BCUT2D eigenvalue weighted by molar-refractivity contribution is 7.84. The SMILES string of the molecule is CC(COS(N)(=O)=O)COS(N)(=O)=O. The third-order valence-electron chi connectivity index (χ3n) is 1.03. The Hall–Kier alpha value is -0.260. The van der Waals surface area contributed by atoms with Crippen molar-refractivity contribution >= 4 is 20.6 Å². The van der Waals surface area contributed by atoms with Crippen LogP contribution in [0.15, 0.2) is 0 Å². The predicted molar refractivity (Wildman–Crippen MR) is 47.3 cm³/mol. The van der Waals surface area contributed by atoms with E-state index in [4.69, 9.17) is 0 Å². The lowest BCUT2D eigenvalue weighted by Gasteiger charge is -2.09. The van der Waals surface area contributed by atoms with Crippen molar-refractivity contribution in [3.63, 3.8) is 0 Å². The lowest BCUT2D eigenvalue weighted by atomic mass is 10.2. The van der Waals surface area contributed by atoms with Crippen LogP contribution in [0.3, 0.4) is 0 Å². The zero-order valence-corrected chi connectivity index (χ0v) is 9.05. The van der Waals surface area contributed by atoms with E-state index in [2.05, 4.69) is 18.6 Å². The maximum absolute atomic E-state index is 10.3. The van der Waals surface area contributed by atoms with E-state index in [0.29, 0.717) is 0 Å². The van der Waals surface area contributed by atoms with E-state index in [-0.39, 0.29) is 13.2 Å². The van der Waals surface area contributed by atoms with Crippen LogP contribution >= 0.6 is 0 Å². The molecule has 0 heterocycles. The molecule has 0 aliphatic heterocycles. The van der Waals surface area contributed by atoms with E-state index in [1.807, 2.05) is 0 Å². The van der Waals surface area contributed by atoms with Gasteiger partial charge in [0.15, 0.2) is 0 Å². The number of hydrogen-bond acceptors (Lipinski definition) is 6. The van der Waals surface area contributed by atoms with E-state index >= 15 is 0 Å². The highest BCUT2D eigenvalue weighted by atomic mass is 32.2. The molecule has 0 aliphatic carbocycles. The van der Waals surface area contributed by atoms with Gasteiger partial charge in [-0.2, -0.15) is 16.8 Å². The quantitative estimate of drug-likeness (QED) is 0.560. The predicted octanol–water partition coefficient (Wildman–Crippen LogP) is -1.94. The van der Waals surface area contributed by atoms with Gasteiger partial charge in [-0.05, 0) is 0 Å². The van der Waals surface area contributed by atoms with Gasteiger partial charge < -0.3 is 0 Å². The number of hydrogen-bond donors (Lipinski definition) is 2. The molecule has 0 atom stereocenters. The third kappa shape index (κ3) is 9.83. The average molecular weight is 248 g/mol. The van der Waals surface area contributed by atoms with Crippen molar-refractivity contribution in [1.82, 2.24) is 0 Å². The fourth-order valence-corrected chi connectivity index (χ4v) is 1.31. The summed E-state index contributed by atoms with van der Waals surface area (Å²) >= 11 is 0. The molecule has 0 aliphatic rings. The van der Waals surface area contributed by atoms with Crippen molar-refractivity contribution in [3.05, 3.63) is 0 Å². The Labute approximate surface area is 82.7 Å². The Kier molecular flexibility index (Phi) is 4.91. The molecule has 0 saturated heterocycles. The smallest absolute Gasteiger partial charge is 0.258 e. The van der Waals surface area contributed by atoms with Gasteiger partial charge >= 0.3 is 20.6 Å². The second-order valence-corrected chi connectivity index (χ2v) is 5.10. The van der Waals surface area contributed by atoms with Crippen LogP contribution in [-0.2, 0) is 29.0 Å². The normalized spacial score (nSPS) is 13.4. The summed E-state index contributed by atoms with van der Waals surface area (Å²) < 4.78 is 49.6. The topological polar surface area (TPSA) is 139 Å². The number of nitrogens with two attached hydrogens (primary N) is 2. The molecule has 10 heteroatoms. The standard InChI is InChI=1S/C4H12N2O6S2/c1-4(2-11-13(5,7)8)3-12-14(6,9)10/h4H,2-3H2,1H3,(H2,5,7,8)(H2,6,9,10). The molecule has 86 valence electrons. The Morgan fingerprint density at radius 1 is 1.00 bits per heavy atom. The summed E-state index contributed by atoms with van der Waals surface area (Å²) in [7, 11) is -8.02. The molecule has 0 spiro atoms. The molecule has 0 aromatic rings. The fraction of sp³-hybridized carbons (Fsp3) is 1.00. The van der Waals surface area contributed by atoms with Crippen molar-refractivity contribution in [3.8, 4) is 0 Å². The summed E-state index contributed by atoms with van der Waals surface area (Å²) in [5.74, 6) is -0.466. The van der Waals surface area contributed by atoms with Gasteiger partial charge in [-0.15, -0.1) is 0 Å². The van der Waals surface area contributed by atoms with Crippen molar-refractivity contribution in [1.29, 1.82) is 0 Å². The fourth-order valence-electron chi connectivity index (χ4n) is 0.470. The summed E-state index contributed by atoms with van der Waals surface area (Å²) in [4.78, 5) is 0. The summed E-state index contributed by atoms with van der Waals surface area (Å²) in [5, 5.41) is 9.06. The maximum Gasteiger partial charge on any atom is 0.333 e. The zero-order chi connectivity index (χ0) is 11.4. The molecule has 8 nitrogen and oxygen atoms in total. The monoisotopic (exact) mass is 248 g/mol. The van der Waals surface area contributed by atoms with Crippen LogP contribution < -0.4 is 10.3 Å². The van der Waals surface area contributed by atoms with Gasteiger partial charge in [0.25, 0.3) is 0 Å². The van der Waals surface area contributed by atoms with Crippen LogP contribution in [0.25, 0.3) is 0 Å². The van der Waals surface area contributed by atoms with Gasteiger partial charge in [-0.25, -0.2) is 10.3 Å². The van der Waals surface area contributed by atoms with Crippen LogP contribution in [0.1, 0.15) is 6.92 Å². The van der Waals surface area contributed by atoms with E-state index < -0.39 is 26.5 Å². The Bertz CT molecular complexity index is 323. The molecule has 0 bridgehead atoms. The molecule has 0 aromatic heterocycles. The first-order valence-corrected chi connectivity index (χ1v) is 6.39. The molecule has 0 unspecified atom stereocenters. The summed E-state index contributed by atoms with van der Waals surface area (Å²) in [6.45, 7) is 0.971. The van der Waals surface area contributed by atoms with Crippen LogP contribution in [0.5, 0.6) is 0 Å². The van der Waals surface area contributed by atoms with Gasteiger partial charge in [-0.3, -0.25) is 8.37 Å². The van der Waals surface area contributed by atoms with Crippen molar-refractivity contribution in [2.24, 2.45) is 16.2 Å². The largest absolute Gasteiger partial charge is 0.333 e. The van der Waals surface area contributed by atoms with Gasteiger partial charge in [0, 0.05) is 5.92 Å². The van der Waals surface area contributed by atoms with Crippen molar-refractivity contribution < 1.29 is 25.2 Å². The van der Waals surface area contributed by atoms with Gasteiger partial charge in [0.05, 0.1) is 13.2 Å². The van der Waals surface area contributed by atoms with Gasteiger partial charge in [0.2, 0.25) is 0 Å². The lowest BCUT2D eigenvalue weighted by molar-refractivity contribution is 0.196. The van der Waals surface area contributed by atoms with E-state index in [1.165, 1.54) is 6.92 Å². The summed E-state index contributed by atoms with van der Waals surface area (Å²) in [5.41, 5.74) is 0. The van der Waals surface area contributed by atoms with Gasteiger partial charge in [0.1, 0.15) is 0 Å². The van der Waals surface area contributed by atoms with E-state index in [9.17, 15) is 16.8 Å². The summed E-state index contributed by atoms with van der Waals surface area (Å²) in [6, 6.07) is 0. The molecular weight excluding hydrogens is 236 g/mol. The minimum absolute atomic E-state index is 0.269. The van der Waals surface area contributed by atoms with Crippen LogP contribution in [0.2, 0.25) is 0 Å². The van der Waals surface area contributed by atoms with Crippen molar-refractivity contribution in [2.45, 2.75) is 6.92 Å². The third-order valence-corrected chi connectivity index (χ3v) is 1.96. The first-order chi connectivity index (χ1) is 6.10. The minimum Gasteiger partial charge on any atom is -0.258 e. The Balaban J connectivity index is 3.84. The van der Waals surface area contributed by atoms with Crippen LogP contribution in [0.4, 0.5) is 0 Å². The molecule has 0 amide bonds. The minimum atomic E-state index is -4.01. The second kappa shape index (κ2) is 5.00. The highest BCUT2D eigenvalue weighted by Gasteiger charge is 2.11. The maximum atomic E-state index is 10.3. The average Bonchev–Trinajstić information content (AvgIpc) is 1.94. The molecule has 0 aromatic carbocycles. The summed E-state index contributed by atoms with van der Waals surface area (Å²) in [6.07, 6.45) is 0. The van der Waals surface area contributed by atoms with Crippen molar-refractivity contribution in [2.75, 3.05) is 13.2 Å².